The van der Waals surface area contributed by atoms with Gasteiger partial charge in [0.25, 0.3) is 0 Å². The molecule has 0 heterocycles. The van der Waals surface area contributed by atoms with Crippen LogP contribution in [-0.2, 0) is 5.41 Å². The molecule has 170 valence electrons. The summed E-state index contributed by atoms with van der Waals surface area (Å²) >= 11 is 0. The number of hydrogen-bond donors (Lipinski definition) is 1. The van der Waals surface area contributed by atoms with E-state index in [1.54, 1.807) is 0 Å². The third-order valence-electron chi connectivity index (χ3n) is 8.07. The van der Waals surface area contributed by atoms with E-state index < -0.39 is 0 Å². The molecule has 0 radical (unpaired) electrons. The minimum absolute atomic E-state index is 0.0379. The maximum absolute atomic E-state index is 3.74. The van der Waals surface area contributed by atoms with E-state index in [9.17, 15) is 0 Å². The van der Waals surface area contributed by atoms with Gasteiger partial charge >= 0.3 is 0 Å². The second-order valence-electron chi connectivity index (χ2n) is 10.6. The summed E-state index contributed by atoms with van der Waals surface area (Å²) in [5.41, 5.74) is 12.0. The van der Waals surface area contributed by atoms with Crippen molar-refractivity contribution in [2.24, 2.45) is 0 Å². The molecule has 1 nitrogen and oxygen atoms in total. The Hall–Kier alpha value is -3.32. The van der Waals surface area contributed by atoms with Crippen molar-refractivity contribution in [3.8, 4) is 22.3 Å². The smallest absolute Gasteiger partial charge is 0.0463 e. The highest BCUT2D eigenvalue weighted by atomic mass is 14.9. The predicted molar refractivity (Wildman–Crippen MR) is 145 cm³/mol. The number of rotatable bonds is 4. The van der Waals surface area contributed by atoms with E-state index in [-0.39, 0.29) is 5.41 Å². The first-order valence-corrected chi connectivity index (χ1v) is 12.8. The molecule has 1 fully saturated rings. The van der Waals surface area contributed by atoms with E-state index in [4.69, 9.17) is 0 Å². The lowest BCUT2D eigenvalue weighted by molar-refractivity contribution is 0.443. The fourth-order valence-corrected chi connectivity index (χ4v) is 6.17. The molecule has 2 aliphatic rings. The molecule has 0 aliphatic heterocycles. The van der Waals surface area contributed by atoms with Crippen molar-refractivity contribution in [2.45, 2.75) is 57.3 Å². The summed E-state index contributed by atoms with van der Waals surface area (Å²) in [5.74, 6) is 0.727. The summed E-state index contributed by atoms with van der Waals surface area (Å²) in [5, 5.41) is 3.74. The van der Waals surface area contributed by atoms with Crippen molar-refractivity contribution in [2.75, 3.05) is 5.32 Å². The Labute approximate surface area is 203 Å². The fraction of sp³-hybridized carbons (Fsp3) is 0.273. The molecule has 2 aliphatic carbocycles. The lowest BCUT2D eigenvalue weighted by Crippen LogP contribution is -2.15. The topological polar surface area (TPSA) is 12.0 Å². The van der Waals surface area contributed by atoms with Crippen LogP contribution in [0.3, 0.4) is 0 Å². The largest absolute Gasteiger partial charge is 0.355 e. The Morgan fingerprint density at radius 3 is 2.12 bits per heavy atom. The fourth-order valence-electron chi connectivity index (χ4n) is 6.17. The van der Waals surface area contributed by atoms with E-state index in [2.05, 4.69) is 110 Å². The Morgan fingerprint density at radius 2 is 1.32 bits per heavy atom. The second-order valence-corrected chi connectivity index (χ2v) is 10.6. The average molecular weight is 444 g/mol. The van der Waals surface area contributed by atoms with Gasteiger partial charge < -0.3 is 5.32 Å². The van der Waals surface area contributed by atoms with Crippen LogP contribution in [0.15, 0.2) is 91.0 Å². The number of benzene rings is 4. The van der Waals surface area contributed by atoms with E-state index >= 15 is 0 Å². The minimum Gasteiger partial charge on any atom is -0.355 e. The van der Waals surface area contributed by atoms with Gasteiger partial charge in [-0.1, -0.05) is 106 Å². The van der Waals surface area contributed by atoms with Gasteiger partial charge in [0, 0.05) is 22.4 Å². The lowest BCUT2D eigenvalue weighted by Gasteiger charge is -2.24. The Morgan fingerprint density at radius 1 is 0.647 bits per heavy atom. The molecular weight excluding hydrogens is 410 g/mol. The molecule has 4 aromatic rings. The first kappa shape index (κ1) is 21.2. The molecule has 0 saturated heterocycles. The lowest BCUT2D eigenvalue weighted by atomic mass is 9.80. The van der Waals surface area contributed by atoms with Crippen molar-refractivity contribution < 1.29 is 0 Å². The quantitative estimate of drug-likeness (QED) is 0.331. The van der Waals surface area contributed by atoms with Gasteiger partial charge in [-0.25, -0.2) is 0 Å². The number of hydrogen-bond acceptors (Lipinski definition) is 1. The maximum Gasteiger partial charge on any atom is 0.0463 e. The molecule has 0 unspecified atom stereocenters. The van der Waals surface area contributed by atoms with Crippen LogP contribution in [0.1, 0.15) is 68.6 Å². The Kier molecular flexibility index (Phi) is 5.29. The molecule has 0 spiro atoms. The monoisotopic (exact) mass is 443 g/mol. The summed E-state index contributed by atoms with van der Waals surface area (Å²) in [6.45, 7) is 4.74. The average Bonchev–Trinajstić information content (AvgIpc) is 3.11. The van der Waals surface area contributed by atoms with Crippen LogP contribution in [0.4, 0.5) is 11.4 Å². The molecule has 6 rings (SSSR count). The van der Waals surface area contributed by atoms with Crippen LogP contribution in [0.25, 0.3) is 22.3 Å². The van der Waals surface area contributed by atoms with Crippen molar-refractivity contribution in [1.82, 2.24) is 0 Å². The molecule has 34 heavy (non-hydrogen) atoms. The number of para-hydroxylation sites is 1. The normalized spacial score (nSPS) is 16.6. The van der Waals surface area contributed by atoms with Gasteiger partial charge in [0.2, 0.25) is 0 Å². The van der Waals surface area contributed by atoms with Gasteiger partial charge in [0.05, 0.1) is 0 Å². The number of nitrogens with one attached hydrogen (secondary N) is 1. The van der Waals surface area contributed by atoms with Crippen LogP contribution in [0.5, 0.6) is 0 Å². The van der Waals surface area contributed by atoms with E-state index in [1.165, 1.54) is 71.0 Å². The first-order valence-electron chi connectivity index (χ1n) is 12.8. The van der Waals surface area contributed by atoms with Gasteiger partial charge in [-0.05, 0) is 70.3 Å². The zero-order valence-electron chi connectivity index (χ0n) is 20.3. The highest BCUT2D eigenvalue weighted by Gasteiger charge is 2.36. The van der Waals surface area contributed by atoms with Gasteiger partial charge in [0.1, 0.15) is 0 Å². The van der Waals surface area contributed by atoms with Crippen molar-refractivity contribution in [3.05, 3.63) is 108 Å². The summed E-state index contributed by atoms with van der Waals surface area (Å²) in [6.07, 6.45) is 6.83. The molecule has 1 saturated carbocycles. The standard InChI is InChI=1S/C33H33N/c1-33(2)30-19-17-25(23-11-5-3-6-12-23)21-28(30)29-22-26(18-20-31(29)33)34-32-16-10-9-15-27(32)24-13-7-4-8-14-24/h4,7-10,13-23,34H,3,5-6,11-12H2,1-2H3. The molecule has 0 bridgehead atoms. The molecular formula is C33H33N. The van der Waals surface area contributed by atoms with Crippen LogP contribution in [0, 0.1) is 0 Å². The van der Waals surface area contributed by atoms with Crippen molar-refractivity contribution in [3.63, 3.8) is 0 Å². The zero-order chi connectivity index (χ0) is 23.1. The molecule has 1 heteroatoms. The minimum atomic E-state index is 0.0379. The number of fused-ring (bicyclic) bond motifs is 3. The highest BCUT2D eigenvalue weighted by molar-refractivity contribution is 5.86. The summed E-state index contributed by atoms with van der Waals surface area (Å²) < 4.78 is 0. The summed E-state index contributed by atoms with van der Waals surface area (Å²) in [7, 11) is 0. The van der Waals surface area contributed by atoms with Gasteiger partial charge in [0.15, 0.2) is 0 Å². The Balaban J connectivity index is 1.39. The van der Waals surface area contributed by atoms with Gasteiger partial charge in [-0.15, -0.1) is 0 Å². The molecule has 4 aromatic carbocycles. The SMILES string of the molecule is CC1(C)c2ccc(Nc3ccccc3-c3ccccc3)cc2-c2cc(C3CCCCC3)ccc21. The third-order valence-corrected chi connectivity index (χ3v) is 8.07. The van der Waals surface area contributed by atoms with Crippen LogP contribution >= 0.6 is 0 Å². The molecule has 0 atom stereocenters. The molecule has 1 N–H and O–H groups in total. The summed E-state index contributed by atoms with van der Waals surface area (Å²) in [6, 6.07) is 33.5. The van der Waals surface area contributed by atoms with Gasteiger partial charge in [-0.2, -0.15) is 0 Å². The highest BCUT2D eigenvalue weighted by Crippen LogP contribution is 2.50. The first-order chi connectivity index (χ1) is 16.6. The Bertz CT molecular complexity index is 1330. The van der Waals surface area contributed by atoms with Crippen LogP contribution < -0.4 is 5.32 Å². The molecule has 0 aromatic heterocycles. The van der Waals surface area contributed by atoms with Crippen molar-refractivity contribution in [1.29, 1.82) is 0 Å². The van der Waals surface area contributed by atoms with Crippen LogP contribution in [-0.4, -0.2) is 0 Å². The van der Waals surface area contributed by atoms with E-state index in [0.29, 0.717) is 0 Å². The number of anilines is 2. The second kappa shape index (κ2) is 8.47. The van der Waals surface area contributed by atoms with Gasteiger partial charge in [-0.3, -0.25) is 0 Å². The van der Waals surface area contributed by atoms with E-state index in [0.717, 1.165) is 17.3 Å². The molecule has 0 amide bonds. The van der Waals surface area contributed by atoms with Crippen LogP contribution in [0.2, 0.25) is 0 Å². The summed E-state index contributed by atoms with van der Waals surface area (Å²) in [4.78, 5) is 0. The van der Waals surface area contributed by atoms with Crippen molar-refractivity contribution >= 4 is 11.4 Å². The maximum atomic E-state index is 3.74. The predicted octanol–water partition coefficient (Wildman–Crippen LogP) is 9.45. The zero-order valence-corrected chi connectivity index (χ0v) is 20.3. The van der Waals surface area contributed by atoms with E-state index in [1.807, 2.05) is 0 Å². The third kappa shape index (κ3) is 3.64.